The highest BCUT2D eigenvalue weighted by Crippen LogP contribution is 2.37. The fraction of sp³-hybridized carbons (Fsp3) is 0.438. The van der Waals surface area contributed by atoms with Gasteiger partial charge in [-0.1, -0.05) is 13.8 Å². The Morgan fingerprint density at radius 3 is 2.85 bits per heavy atom. The molecule has 4 nitrogen and oxygen atoms in total. The van der Waals surface area contributed by atoms with E-state index in [0.717, 1.165) is 47.0 Å². The number of ether oxygens (including phenoxy) is 2. The van der Waals surface area contributed by atoms with E-state index >= 15 is 0 Å². The van der Waals surface area contributed by atoms with Crippen LogP contribution in [0.1, 0.15) is 26.7 Å². The lowest BCUT2D eigenvalue weighted by atomic mass is 10.1. The highest BCUT2D eigenvalue weighted by molar-refractivity contribution is 5.94. The Morgan fingerprint density at radius 2 is 2.05 bits per heavy atom. The van der Waals surface area contributed by atoms with Crippen molar-refractivity contribution in [1.29, 1.82) is 0 Å². The van der Waals surface area contributed by atoms with Gasteiger partial charge < -0.3 is 14.8 Å². The molecule has 1 aromatic carbocycles. The smallest absolute Gasteiger partial charge is 0.231 e. The minimum absolute atomic E-state index is 0.302. The predicted molar refractivity (Wildman–Crippen MR) is 80.4 cm³/mol. The van der Waals surface area contributed by atoms with Gasteiger partial charge in [-0.3, -0.25) is 0 Å². The molecule has 1 N–H and O–H groups in total. The summed E-state index contributed by atoms with van der Waals surface area (Å²) in [5, 5.41) is 5.63. The molecule has 1 aromatic heterocycles. The van der Waals surface area contributed by atoms with Crippen LogP contribution in [0.3, 0.4) is 0 Å². The maximum Gasteiger partial charge on any atom is 0.231 e. The summed E-state index contributed by atoms with van der Waals surface area (Å²) < 4.78 is 10.8. The van der Waals surface area contributed by atoms with E-state index in [1.807, 2.05) is 24.4 Å². The van der Waals surface area contributed by atoms with E-state index in [1.165, 1.54) is 6.42 Å². The molecular formula is C16H20N2O2. The lowest BCUT2D eigenvalue weighted by Gasteiger charge is -2.10. The quantitative estimate of drug-likeness (QED) is 0.840. The van der Waals surface area contributed by atoms with E-state index in [0.29, 0.717) is 6.79 Å². The molecule has 1 aliphatic rings. The van der Waals surface area contributed by atoms with Crippen molar-refractivity contribution in [2.75, 3.05) is 18.7 Å². The summed E-state index contributed by atoms with van der Waals surface area (Å²) in [4.78, 5) is 4.44. The molecule has 20 heavy (non-hydrogen) atoms. The van der Waals surface area contributed by atoms with E-state index in [4.69, 9.17) is 9.47 Å². The fourth-order valence-electron chi connectivity index (χ4n) is 2.42. The van der Waals surface area contributed by atoms with Crippen LogP contribution in [0.4, 0.5) is 5.82 Å². The van der Waals surface area contributed by atoms with E-state index in [-0.39, 0.29) is 0 Å². The summed E-state index contributed by atoms with van der Waals surface area (Å²) in [6, 6.07) is 6.02. The average Bonchev–Trinajstić information content (AvgIpc) is 2.88. The molecule has 106 valence electrons. The largest absolute Gasteiger partial charge is 0.454 e. The zero-order valence-electron chi connectivity index (χ0n) is 12.0. The minimum atomic E-state index is 0.302. The van der Waals surface area contributed by atoms with Crippen LogP contribution in [0.25, 0.3) is 10.8 Å². The Bertz CT molecular complexity index is 611. The second-order valence-corrected chi connectivity index (χ2v) is 5.55. The Balaban J connectivity index is 1.80. The van der Waals surface area contributed by atoms with Crippen LogP contribution in [-0.2, 0) is 0 Å². The van der Waals surface area contributed by atoms with Gasteiger partial charge in [0.2, 0.25) is 6.79 Å². The molecule has 2 heterocycles. The highest BCUT2D eigenvalue weighted by atomic mass is 16.7. The third kappa shape index (κ3) is 2.64. The number of hydrogen-bond donors (Lipinski definition) is 1. The molecule has 3 rings (SSSR count). The van der Waals surface area contributed by atoms with Crippen molar-refractivity contribution in [3.05, 3.63) is 24.4 Å². The number of hydrogen-bond acceptors (Lipinski definition) is 4. The molecule has 0 atom stereocenters. The van der Waals surface area contributed by atoms with Crippen LogP contribution in [0.15, 0.2) is 24.4 Å². The number of nitrogens with one attached hydrogen (secondary N) is 1. The SMILES string of the molecule is CC(C)CCCNc1nccc2cc3c(cc12)OCO3. The van der Waals surface area contributed by atoms with Gasteiger partial charge in [0.1, 0.15) is 5.82 Å². The topological polar surface area (TPSA) is 43.4 Å². The van der Waals surface area contributed by atoms with Crippen molar-refractivity contribution in [2.24, 2.45) is 5.92 Å². The number of fused-ring (bicyclic) bond motifs is 2. The summed E-state index contributed by atoms with van der Waals surface area (Å²) in [6.45, 7) is 5.74. The number of pyridine rings is 1. The zero-order chi connectivity index (χ0) is 13.9. The van der Waals surface area contributed by atoms with Gasteiger partial charge in [0.15, 0.2) is 11.5 Å². The third-order valence-electron chi connectivity index (χ3n) is 3.51. The lowest BCUT2D eigenvalue weighted by molar-refractivity contribution is 0.174. The number of aromatic nitrogens is 1. The van der Waals surface area contributed by atoms with Crippen molar-refractivity contribution in [2.45, 2.75) is 26.7 Å². The maximum absolute atomic E-state index is 5.44. The van der Waals surface area contributed by atoms with E-state index < -0.39 is 0 Å². The molecule has 2 aromatic rings. The normalized spacial score (nSPS) is 13.2. The van der Waals surface area contributed by atoms with Crippen molar-refractivity contribution in [1.82, 2.24) is 4.98 Å². The molecule has 1 aliphatic heterocycles. The molecule has 0 unspecified atom stereocenters. The summed E-state index contributed by atoms with van der Waals surface area (Å²) >= 11 is 0. The van der Waals surface area contributed by atoms with Gasteiger partial charge >= 0.3 is 0 Å². The lowest BCUT2D eigenvalue weighted by Crippen LogP contribution is -2.05. The third-order valence-corrected chi connectivity index (χ3v) is 3.51. The zero-order valence-corrected chi connectivity index (χ0v) is 12.0. The summed E-state index contributed by atoms with van der Waals surface area (Å²) in [6.07, 6.45) is 4.21. The first kappa shape index (κ1) is 13.0. The number of nitrogens with zero attached hydrogens (tertiary/aromatic N) is 1. The van der Waals surface area contributed by atoms with Crippen LogP contribution in [0.5, 0.6) is 11.5 Å². The van der Waals surface area contributed by atoms with E-state index in [9.17, 15) is 0 Å². The van der Waals surface area contributed by atoms with Crippen molar-refractivity contribution in [3.8, 4) is 11.5 Å². The second-order valence-electron chi connectivity index (χ2n) is 5.55. The molecule has 0 aliphatic carbocycles. The first-order chi connectivity index (χ1) is 9.74. The van der Waals surface area contributed by atoms with Gasteiger partial charge in [-0.05, 0) is 42.3 Å². The predicted octanol–water partition coefficient (Wildman–Crippen LogP) is 3.81. The summed E-state index contributed by atoms with van der Waals surface area (Å²) in [5.74, 6) is 3.28. The van der Waals surface area contributed by atoms with Crippen LogP contribution in [-0.4, -0.2) is 18.3 Å². The first-order valence-corrected chi connectivity index (χ1v) is 7.16. The molecule has 0 bridgehead atoms. The standard InChI is InChI=1S/C16H20N2O2/c1-11(2)4-3-6-17-16-13-9-15-14(19-10-20-15)8-12(13)5-7-18-16/h5,7-9,11H,3-4,6,10H2,1-2H3,(H,17,18). The molecule has 0 amide bonds. The van der Waals surface area contributed by atoms with Gasteiger partial charge in [0.25, 0.3) is 0 Å². The molecular weight excluding hydrogens is 252 g/mol. The van der Waals surface area contributed by atoms with Gasteiger partial charge in [0.05, 0.1) is 0 Å². The summed E-state index contributed by atoms with van der Waals surface area (Å²) in [7, 11) is 0. The van der Waals surface area contributed by atoms with Gasteiger partial charge in [-0.25, -0.2) is 4.98 Å². The monoisotopic (exact) mass is 272 g/mol. The first-order valence-electron chi connectivity index (χ1n) is 7.16. The highest BCUT2D eigenvalue weighted by Gasteiger charge is 2.15. The fourth-order valence-corrected chi connectivity index (χ4v) is 2.42. The van der Waals surface area contributed by atoms with Gasteiger partial charge in [-0.15, -0.1) is 0 Å². The van der Waals surface area contributed by atoms with Crippen LogP contribution in [0, 0.1) is 5.92 Å². The van der Waals surface area contributed by atoms with Crippen LogP contribution < -0.4 is 14.8 Å². The molecule has 4 heteroatoms. The second kappa shape index (κ2) is 5.57. The molecule has 0 saturated carbocycles. The molecule has 0 fully saturated rings. The number of rotatable bonds is 5. The Morgan fingerprint density at radius 1 is 1.25 bits per heavy atom. The van der Waals surface area contributed by atoms with Crippen molar-refractivity contribution >= 4 is 16.6 Å². The number of benzene rings is 1. The number of anilines is 1. The van der Waals surface area contributed by atoms with Crippen molar-refractivity contribution < 1.29 is 9.47 Å². The van der Waals surface area contributed by atoms with Crippen molar-refractivity contribution in [3.63, 3.8) is 0 Å². The van der Waals surface area contributed by atoms with E-state index in [1.54, 1.807) is 0 Å². The van der Waals surface area contributed by atoms with E-state index in [2.05, 4.69) is 24.1 Å². The average molecular weight is 272 g/mol. The summed E-state index contributed by atoms with van der Waals surface area (Å²) in [5.41, 5.74) is 0. The Hall–Kier alpha value is -1.97. The van der Waals surface area contributed by atoms with Gasteiger partial charge in [-0.2, -0.15) is 0 Å². The van der Waals surface area contributed by atoms with Gasteiger partial charge in [0, 0.05) is 18.1 Å². The Labute approximate surface area is 119 Å². The Kier molecular flexibility index (Phi) is 3.63. The minimum Gasteiger partial charge on any atom is -0.454 e. The molecule has 0 radical (unpaired) electrons. The van der Waals surface area contributed by atoms with Crippen LogP contribution in [0.2, 0.25) is 0 Å². The van der Waals surface area contributed by atoms with Crippen LogP contribution >= 0.6 is 0 Å². The maximum atomic E-state index is 5.44. The molecule has 0 spiro atoms. The molecule has 0 saturated heterocycles.